The van der Waals surface area contributed by atoms with E-state index in [1.54, 1.807) is 24.3 Å². The van der Waals surface area contributed by atoms with E-state index in [-0.39, 0.29) is 18.4 Å². The average Bonchev–Trinajstić information content (AvgIpc) is 4.20. The number of aromatic nitrogens is 7. The van der Waals surface area contributed by atoms with E-state index in [0.29, 0.717) is 29.9 Å². The van der Waals surface area contributed by atoms with Gasteiger partial charge in [0, 0.05) is 110 Å². The Balaban J connectivity index is 1.03. The number of hydrogen-bond donors (Lipinski definition) is 4. The molecule has 0 spiro atoms. The number of carbonyl (C=O) groups excluding carboxylic acids is 2. The topological polar surface area (TPSA) is 148 Å². The molecule has 2 aliphatic rings. The monoisotopic (exact) mass is 822 g/mol. The summed E-state index contributed by atoms with van der Waals surface area (Å²) in [5, 5.41) is 3.72. The number of pyridine rings is 3. The average molecular weight is 823 g/mol. The molecule has 8 bridgehead atoms. The highest BCUT2D eigenvalue weighted by Gasteiger charge is 2.34. The summed E-state index contributed by atoms with van der Waals surface area (Å²) in [5.74, 6) is 0.168. The molecule has 0 saturated heterocycles. The normalized spacial score (nSPS) is 13.5. The van der Waals surface area contributed by atoms with Gasteiger partial charge in [-0.3, -0.25) is 29.4 Å². The minimum atomic E-state index is -0.258. The number of ether oxygens (including phenoxy) is 1. The van der Waals surface area contributed by atoms with Crippen LogP contribution in [0.25, 0.3) is 22.3 Å². The molecule has 2 aromatic carbocycles. The van der Waals surface area contributed by atoms with E-state index in [0.717, 1.165) is 88.7 Å². The van der Waals surface area contributed by atoms with Gasteiger partial charge in [0.05, 0.1) is 17.7 Å². The Hall–Kier alpha value is -8.57. The molecule has 4 N–H and O–H groups in total. The van der Waals surface area contributed by atoms with E-state index in [1.807, 2.05) is 85.7 Å². The Bertz CT molecular complexity index is 3400. The predicted octanol–water partition coefficient (Wildman–Crippen LogP) is 5.55. The number of H-pyrrole nitrogens is 4. The van der Waals surface area contributed by atoms with Crippen LogP contribution in [-0.2, 0) is 0 Å². The standard InChI is InChI=1S/C52H38N8O3/c61-51-37-4-1-2-5-38(37)52(62)60(51)30-3-31-63-36-8-6-32(7-9-36)47-39-10-12-41(56-39)48(33-18-24-53-25-19-33)43-14-16-45(58-43)50(35-22-28-55-29-23-35)46-17-15-44(59-46)49(34-20-26-54-27-21-34)42-13-11-40(47)57-42/h1-2,4-29,56-59H,3,30-31H2. The van der Waals surface area contributed by atoms with Gasteiger partial charge in [-0.1, -0.05) is 24.3 Å². The van der Waals surface area contributed by atoms with Crippen LogP contribution in [0.5, 0.6) is 5.75 Å². The van der Waals surface area contributed by atoms with Crippen molar-refractivity contribution >= 4 is 34.1 Å². The smallest absolute Gasteiger partial charge is 0.261 e. The van der Waals surface area contributed by atoms with Gasteiger partial charge in [-0.15, -0.1) is 0 Å². The van der Waals surface area contributed by atoms with Crippen molar-refractivity contribution in [3.63, 3.8) is 0 Å². The number of nitrogens with zero attached hydrogens (tertiary/aromatic N) is 4. The third kappa shape index (κ3) is 6.87. The number of carbonyl (C=O) groups is 2. The summed E-state index contributed by atoms with van der Waals surface area (Å²) in [5.41, 5.74) is 12.6. The van der Waals surface area contributed by atoms with Crippen LogP contribution < -0.4 is 26.1 Å². The van der Waals surface area contributed by atoms with Crippen molar-refractivity contribution in [2.45, 2.75) is 6.42 Å². The van der Waals surface area contributed by atoms with Crippen molar-refractivity contribution < 1.29 is 14.3 Å². The van der Waals surface area contributed by atoms with Crippen LogP contribution in [0.1, 0.15) is 72.2 Å². The SMILES string of the molecule is O=C1c2ccccc2C(=O)N1CCCOc1ccc(C2=c3ccc([nH]3)=C(c3ccncc3)c3ccc([nH]3)C(c3ccncc3)=c3ccc([nH]3)=C(c3ccncc3)c3ccc2[nH]3)cc1. The number of hydrogen-bond acceptors (Lipinski definition) is 6. The summed E-state index contributed by atoms with van der Waals surface area (Å²) in [7, 11) is 0. The lowest BCUT2D eigenvalue weighted by Gasteiger charge is -2.14. The van der Waals surface area contributed by atoms with Gasteiger partial charge >= 0.3 is 0 Å². The molecule has 304 valence electrons. The van der Waals surface area contributed by atoms with Crippen molar-refractivity contribution in [2.24, 2.45) is 0 Å². The number of imide groups is 1. The van der Waals surface area contributed by atoms with Gasteiger partial charge in [-0.25, -0.2) is 0 Å². The molecule has 11 nitrogen and oxygen atoms in total. The van der Waals surface area contributed by atoms with Gasteiger partial charge in [0.15, 0.2) is 0 Å². The molecule has 2 aliphatic heterocycles. The van der Waals surface area contributed by atoms with E-state index < -0.39 is 0 Å². The zero-order valence-corrected chi connectivity index (χ0v) is 33.8. The molecule has 0 unspecified atom stereocenters. The molecule has 0 fully saturated rings. The van der Waals surface area contributed by atoms with Crippen molar-refractivity contribution in [3.8, 4) is 5.75 Å². The minimum Gasteiger partial charge on any atom is -0.494 e. The van der Waals surface area contributed by atoms with Crippen molar-refractivity contribution in [2.75, 3.05) is 13.2 Å². The Labute approximate surface area is 360 Å². The van der Waals surface area contributed by atoms with E-state index in [9.17, 15) is 9.59 Å². The first-order chi connectivity index (χ1) is 31.1. The van der Waals surface area contributed by atoms with Gasteiger partial charge in [0.2, 0.25) is 0 Å². The van der Waals surface area contributed by atoms with E-state index in [1.165, 1.54) is 4.90 Å². The second kappa shape index (κ2) is 15.8. The third-order valence-electron chi connectivity index (χ3n) is 11.6. The predicted molar refractivity (Wildman–Crippen MR) is 239 cm³/mol. The van der Waals surface area contributed by atoms with Crippen molar-refractivity contribution in [1.82, 2.24) is 39.8 Å². The highest BCUT2D eigenvalue weighted by molar-refractivity contribution is 6.21. The fraction of sp³-hybridized carbons (Fsp3) is 0.0577. The summed E-state index contributed by atoms with van der Waals surface area (Å²) in [6.45, 7) is 0.620. The largest absolute Gasteiger partial charge is 0.494 e. The summed E-state index contributed by atoms with van der Waals surface area (Å²) >= 11 is 0. The fourth-order valence-corrected chi connectivity index (χ4v) is 8.70. The molecule has 63 heavy (non-hydrogen) atoms. The van der Waals surface area contributed by atoms with E-state index >= 15 is 0 Å². The zero-order chi connectivity index (χ0) is 42.3. The quantitative estimate of drug-likeness (QED) is 0.111. The molecule has 11 rings (SSSR count). The van der Waals surface area contributed by atoms with Crippen molar-refractivity contribution in [3.05, 3.63) is 248 Å². The van der Waals surface area contributed by atoms with E-state index in [4.69, 9.17) is 4.74 Å². The van der Waals surface area contributed by atoms with Gasteiger partial charge in [-0.2, -0.15) is 0 Å². The zero-order valence-electron chi connectivity index (χ0n) is 33.8. The number of aromatic amines is 4. The highest BCUT2D eigenvalue weighted by Crippen LogP contribution is 2.29. The molecule has 9 heterocycles. The molecular formula is C52H38N8O3. The second-order valence-corrected chi connectivity index (χ2v) is 15.4. The maximum Gasteiger partial charge on any atom is 0.261 e. The van der Waals surface area contributed by atoms with Crippen LogP contribution in [0.4, 0.5) is 0 Å². The summed E-state index contributed by atoms with van der Waals surface area (Å²) in [6.07, 6.45) is 11.4. The van der Waals surface area contributed by atoms with Crippen LogP contribution in [0.3, 0.4) is 0 Å². The molecule has 0 atom stereocenters. The Morgan fingerprint density at radius 2 is 0.778 bits per heavy atom. The first kappa shape index (κ1) is 37.4. The minimum absolute atomic E-state index is 0.258. The maximum absolute atomic E-state index is 12.9. The van der Waals surface area contributed by atoms with Crippen LogP contribution in [-0.4, -0.2) is 64.8 Å². The molecule has 2 amide bonds. The van der Waals surface area contributed by atoms with Crippen molar-refractivity contribution in [1.29, 1.82) is 0 Å². The summed E-state index contributed by atoms with van der Waals surface area (Å²) in [4.78, 5) is 55.2. The molecule has 11 heteroatoms. The number of amides is 2. The Morgan fingerprint density at radius 3 is 1.16 bits per heavy atom. The van der Waals surface area contributed by atoms with Crippen LogP contribution in [0.15, 0.2) is 171 Å². The lowest BCUT2D eigenvalue weighted by molar-refractivity contribution is 0.0646. The lowest BCUT2D eigenvalue weighted by Crippen LogP contribution is -2.31. The fourth-order valence-electron chi connectivity index (χ4n) is 8.70. The second-order valence-electron chi connectivity index (χ2n) is 15.4. The Morgan fingerprint density at radius 1 is 0.413 bits per heavy atom. The van der Waals surface area contributed by atoms with E-state index in [2.05, 4.69) is 95.6 Å². The van der Waals surface area contributed by atoms with Gasteiger partial charge in [0.25, 0.3) is 11.8 Å². The third-order valence-corrected chi connectivity index (χ3v) is 11.6. The lowest BCUT2D eigenvalue weighted by atomic mass is 10.0. The molecule has 7 aromatic heterocycles. The number of benzene rings is 2. The van der Waals surface area contributed by atoms with Crippen LogP contribution in [0, 0.1) is 0 Å². The first-order valence-electron chi connectivity index (χ1n) is 20.7. The maximum atomic E-state index is 12.9. The summed E-state index contributed by atoms with van der Waals surface area (Å²) in [6, 6.07) is 44.1. The molecule has 0 aliphatic carbocycles. The highest BCUT2D eigenvalue weighted by atomic mass is 16.5. The Kier molecular flexibility index (Phi) is 9.38. The molecule has 0 radical (unpaired) electrons. The van der Waals surface area contributed by atoms with Gasteiger partial charge < -0.3 is 24.7 Å². The number of fused-ring (bicyclic) bond motifs is 9. The van der Waals surface area contributed by atoms with Gasteiger partial charge in [-0.05, 0) is 138 Å². The molecular weight excluding hydrogens is 785 g/mol. The van der Waals surface area contributed by atoms with Gasteiger partial charge in [0.1, 0.15) is 5.75 Å². The first-order valence-corrected chi connectivity index (χ1v) is 20.7. The molecule has 0 saturated carbocycles. The van der Waals surface area contributed by atoms with Crippen LogP contribution in [0.2, 0.25) is 0 Å². The number of rotatable bonds is 9. The number of nitrogens with one attached hydrogen (secondary N) is 4. The molecule has 9 aromatic rings. The van der Waals surface area contributed by atoms with Crippen LogP contribution >= 0.6 is 0 Å². The summed E-state index contributed by atoms with van der Waals surface area (Å²) < 4.78 is 6.16.